The van der Waals surface area contributed by atoms with Crippen molar-refractivity contribution in [3.05, 3.63) is 47.7 Å². The van der Waals surface area contributed by atoms with Crippen molar-refractivity contribution in [3.8, 4) is 11.3 Å². The third-order valence-electron chi connectivity index (χ3n) is 5.50. The minimum Gasteiger partial charge on any atom is -0.451 e. The SMILES string of the molecule is C[C@H]1[C@H](NC(=O)c2ccc(-c3ccc(F)cc3F)o2)C2CCN1CC2. The van der Waals surface area contributed by atoms with Gasteiger partial charge in [-0.1, -0.05) is 0 Å². The molecule has 5 rings (SSSR count). The van der Waals surface area contributed by atoms with Gasteiger partial charge in [-0.3, -0.25) is 9.69 Å². The first-order valence-electron chi connectivity index (χ1n) is 8.63. The van der Waals surface area contributed by atoms with E-state index in [4.69, 9.17) is 4.42 Å². The Bertz CT molecular complexity index is 794. The van der Waals surface area contributed by atoms with Gasteiger partial charge in [0.05, 0.1) is 5.56 Å². The van der Waals surface area contributed by atoms with Crippen molar-refractivity contribution in [1.82, 2.24) is 10.2 Å². The molecule has 1 amide bonds. The molecule has 3 saturated heterocycles. The van der Waals surface area contributed by atoms with Crippen molar-refractivity contribution in [2.24, 2.45) is 5.92 Å². The first kappa shape index (κ1) is 16.3. The van der Waals surface area contributed by atoms with Crippen molar-refractivity contribution in [3.63, 3.8) is 0 Å². The number of piperidine rings is 3. The number of halogens is 2. The summed E-state index contributed by atoms with van der Waals surface area (Å²) in [5.41, 5.74) is 0.136. The molecular weight excluding hydrogens is 326 g/mol. The third kappa shape index (κ3) is 2.95. The Labute approximate surface area is 144 Å². The molecule has 3 aliphatic rings. The predicted octanol–water partition coefficient (Wildman–Crippen LogP) is 3.44. The molecular formula is C19H20F2N2O2. The van der Waals surface area contributed by atoms with Crippen molar-refractivity contribution < 1.29 is 18.0 Å². The molecule has 1 N–H and O–H groups in total. The molecule has 0 saturated carbocycles. The van der Waals surface area contributed by atoms with Gasteiger partial charge >= 0.3 is 0 Å². The smallest absolute Gasteiger partial charge is 0.287 e. The lowest BCUT2D eigenvalue weighted by atomic mass is 9.79. The van der Waals surface area contributed by atoms with Crippen LogP contribution in [0.15, 0.2) is 34.7 Å². The van der Waals surface area contributed by atoms with Gasteiger partial charge in [0.15, 0.2) is 5.76 Å². The quantitative estimate of drug-likeness (QED) is 0.926. The summed E-state index contributed by atoms with van der Waals surface area (Å²) in [4.78, 5) is 14.9. The van der Waals surface area contributed by atoms with Crippen LogP contribution in [0.2, 0.25) is 0 Å². The molecule has 3 aliphatic heterocycles. The molecule has 132 valence electrons. The summed E-state index contributed by atoms with van der Waals surface area (Å²) in [6.45, 7) is 4.32. The highest BCUT2D eigenvalue weighted by Crippen LogP contribution is 2.32. The molecule has 4 heterocycles. The normalized spacial score (nSPS) is 28.1. The van der Waals surface area contributed by atoms with Crippen LogP contribution in [0.4, 0.5) is 8.78 Å². The number of amides is 1. The summed E-state index contributed by atoms with van der Waals surface area (Å²) < 4.78 is 32.4. The number of furan rings is 1. The molecule has 6 heteroatoms. The fourth-order valence-corrected chi connectivity index (χ4v) is 4.06. The van der Waals surface area contributed by atoms with Crippen LogP contribution in [0.5, 0.6) is 0 Å². The topological polar surface area (TPSA) is 45.5 Å². The number of carbonyl (C=O) groups excluding carboxylic acids is 1. The summed E-state index contributed by atoms with van der Waals surface area (Å²) >= 11 is 0. The Kier molecular flexibility index (Phi) is 4.07. The van der Waals surface area contributed by atoms with E-state index in [-0.39, 0.29) is 29.0 Å². The summed E-state index contributed by atoms with van der Waals surface area (Å²) in [5, 5.41) is 3.08. The van der Waals surface area contributed by atoms with Gasteiger partial charge in [0.1, 0.15) is 17.4 Å². The largest absolute Gasteiger partial charge is 0.451 e. The zero-order chi connectivity index (χ0) is 17.6. The molecule has 0 aliphatic carbocycles. The number of fused-ring (bicyclic) bond motifs is 3. The molecule has 2 aromatic rings. The van der Waals surface area contributed by atoms with Crippen molar-refractivity contribution in [1.29, 1.82) is 0 Å². The maximum absolute atomic E-state index is 13.9. The van der Waals surface area contributed by atoms with Crippen molar-refractivity contribution in [2.75, 3.05) is 13.1 Å². The molecule has 1 aromatic carbocycles. The number of hydrogen-bond donors (Lipinski definition) is 1. The van der Waals surface area contributed by atoms with Crippen LogP contribution in [0.1, 0.15) is 30.3 Å². The Morgan fingerprint density at radius 3 is 2.64 bits per heavy atom. The molecule has 0 radical (unpaired) electrons. The van der Waals surface area contributed by atoms with E-state index >= 15 is 0 Å². The lowest BCUT2D eigenvalue weighted by molar-refractivity contribution is 0.0211. The second kappa shape index (κ2) is 6.26. The number of rotatable bonds is 3. The molecule has 3 fully saturated rings. The number of nitrogens with one attached hydrogen (secondary N) is 1. The van der Waals surface area contributed by atoms with Crippen LogP contribution in [-0.2, 0) is 0 Å². The van der Waals surface area contributed by atoms with Crippen molar-refractivity contribution >= 4 is 5.91 Å². The summed E-state index contributed by atoms with van der Waals surface area (Å²) in [6.07, 6.45) is 2.19. The van der Waals surface area contributed by atoms with Crippen LogP contribution in [0, 0.1) is 17.6 Å². The van der Waals surface area contributed by atoms with Crippen LogP contribution >= 0.6 is 0 Å². The van der Waals surface area contributed by atoms with Gasteiger partial charge < -0.3 is 9.73 Å². The van der Waals surface area contributed by atoms with Crippen LogP contribution in [-0.4, -0.2) is 36.0 Å². The summed E-state index contributed by atoms with van der Waals surface area (Å²) in [6, 6.07) is 6.74. The maximum atomic E-state index is 13.9. The van der Waals surface area contributed by atoms with E-state index in [0.29, 0.717) is 12.0 Å². The minimum atomic E-state index is -0.715. The molecule has 1 aromatic heterocycles. The van der Waals surface area contributed by atoms with E-state index in [2.05, 4.69) is 17.1 Å². The summed E-state index contributed by atoms with van der Waals surface area (Å²) in [5.74, 6) is -0.811. The second-order valence-corrected chi connectivity index (χ2v) is 6.90. The van der Waals surface area contributed by atoms with Gasteiger partial charge in [0.2, 0.25) is 0 Å². The molecule has 2 atom stereocenters. The first-order valence-corrected chi connectivity index (χ1v) is 8.63. The molecule has 25 heavy (non-hydrogen) atoms. The molecule has 0 unspecified atom stereocenters. The van der Waals surface area contributed by atoms with Gasteiger partial charge in [-0.25, -0.2) is 8.78 Å². The molecule has 4 nitrogen and oxygen atoms in total. The zero-order valence-electron chi connectivity index (χ0n) is 14.0. The highest BCUT2D eigenvalue weighted by Gasteiger charge is 2.40. The second-order valence-electron chi connectivity index (χ2n) is 6.90. The number of benzene rings is 1. The van der Waals surface area contributed by atoms with Gasteiger partial charge in [-0.05, 0) is 63.0 Å². The zero-order valence-corrected chi connectivity index (χ0v) is 14.0. The Balaban J connectivity index is 1.51. The lowest BCUT2D eigenvalue weighted by Gasteiger charge is -2.49. The number of nitrogens with zero attached hydrogens (tertiary/aromatic N) is 1. The monoisotopic (exact) mass is 346 g/mol. The average Bonchev–Trinajstić information content (AvgIpc) is 3.08. The van der Waals surface area contributed by atoms with E-state index in [0.717, 1.165) is 38.1 Å². The number of carbonyl (C=O) groups is 1. The fourth-order valence-electron chi connectivity index (χ4n) is 4.06. The van der Waals surface area contributed by atoms with Crippen LogP contribution < -0.4 is 5.32 Å². The Hall–Kier alpha value is -2.21. The number of hydrogen-bond acceptors (Lipinski definition) is 3. The molecule has 0 spiro atoms. The lowest BCUT2D eigenvalue weighted by Crippen LogP contribution is -2.62. The third-order valence-corrected chi connectivity index (χ3v) is 5.50. The van der Waals surface area contributed by atoms with E-state index in [1.807, 2.05) is 0 Å². The van der Waals surface area contributed by atoms with Crippen LogP contribution in [0.3, 0.4) is 0 Å². The highest BCUT2D eigenvalue weighted by molar-refractivity contribution is 5.92. The molecule has 2 bridgehead atoms. The van der Waals surface area contributed by atoms with E-state index in [1.54, 1.807) is 0 Å². The van der Waals surface area contributed by atoms with Gasteiger partial charge in [-0.2, -0.15) is 0 Å². The van der Waals surface area contributed by atoms with Gasteiger partial charge in [0.25, 0.3) is 5.91 Å². The minimum absolute atomic E-state index is 0.103. The Morgan fingerprint density at radius 2 is 1.96 bits per heavy atom. The van der Waals surface area contributed by atoms with Crippen LogP contribution in [0.25, 0.3) is 11.3 Å². The Morgan fingerprint density at radius 1 is 1.20 bits per heavy atom. The first-order chi connectivity index (χ1) is 12.0. The van der Waals surface area contributed by atoms with E-state index < -0.39 is 11.6 Å². The fraction of sp³-hybridized carbons (Fsp3) is 0.421. The van der Waals surface area contributed by atoms with Gasteiger partial charge in [0, 0.05) is 18.2 Å². The average molecular weight is 346 g/mol. The standard InChI is InChI=1S/C19H20F2N2O2/c1-11-18(12-6-8-23(11)9-7-12)22-19(24)17-5-4-16(25-17)14-3-2-13(20)10-15(14)21/h2-5,10-12,18H,6-9H2,1H3,(H,22,24)/t11-,18-/m0/s1. The highest BCUT2D eigenvalue weighted by atomic mass is 19.1. The predicted molar refractivity (Wildman–Crippen MR) is 89.1 cm³/mol. The summed E-state index contributed by atoms with van der Waals surface area (Å²) in [7, 11) is 0. The maximum Gasteiger partial charge on any atom is 0.287 e. The van der Waals surface area contributed by atoms with E-state index in [1.165, 1.54) is 18.2 Å². The van der Waals surface area contributed by atoms with Crippen molar-refractivity contribution in [2.45, 2.75) is 31.8 Å². The van der Waals surface area contributed by atoms with Gasteiger partial charge in [-0.15, -0.1) is 0 Å². The van der Waals surface area contributed by atoms with E-state index in [9.17, 15) is 13.6 Å².